The van der Waals surface area contributed by atoms with Gasteiger partial charge in [0.2, 0.25) is 17.6 Å². The summed E-state index contributed by atoms with van der Waals surface area (Å²) in [5.74, 6) is 0.854. The van der Waals surface area contributed by atoms with Gasteiger partial charge in [-0.05, 0) is 36.4 Å². The number of carbonyl (C=O) groups is 1. The molecule has 0 bridgehead atoms. The van der Waals surface area contributed by atoms with Crippen molar-refractivity contribution in [3.05, 3.63) is 54.3 Å². The topological polar surface area (TPSA) is 114 Å². The van der Waals surface area contributed by atoms with Gasteiger partial charge in [-0.3, -0.25) is 4.79 Å². The van der Waals surface area contributed by atoms with E-state index in [1.807, 2.05) is 12.1 Å². The van der Waals surface area contributed by atoms with E-state index in [0.717, 1.165) is 23.1 Å². The highest BCUT2D eigenvalue weighted by Gasteiger charge is 2.17. The Morgan fingerprint density at radius 2 is 1.97 bits per heavy atom. The smallest absolute Gasteiger partial charge is 0.277 e. The van der Waals surface area contributed by atoms with Gasteiger partial charge in [-0.15, -0.1) is 10.2 Å². The second-order valence-corrected chi connectivity index (χ2v) is 6.78. The quantitative estimate of drug-likeness (QED) is 0.476. The van der Waals surface area contributed by atoms with Crippen molar-refractivity contribution in [2.24, 2.45) is 0 Å². The van der Waals surface area contributed by atoms with Gasteiger partial charge in [0.25, 0.3) is 5.22 Å². The first kappa shape index (κ1) is 18.6. The van der Waals surface area contributed by atoms with E-state index in [-0.39, 0.29) is 22.6 Å². The zero-order valence-corrected chi connectivity index (χ0v) is 16.0. The molecule has 4 aromatic rings. The number of benzene rings is 2. The predicted octanol–water partition coefficient (Wildman–Crippen LogP) is 4.09. The van der Waals surface area contributed by atoms with Crippen molar-refractivity contribution in [2.45, 2.75) is 5.22 Å². The molecule has 0 saturated heterocycles. The Bertz CT molecular complexity index is 1210. The fraction of sp³-hybridized carbons (Fsp3) is 0.100. The van der Waals surface area contributed by atoms with Crippen molar-refractivity contribution in [3.8, 4) is 23.3 Å². The van der Waals surface area contributed by atoms with Gasteiger partial charge in [0.15, 0.2) is 0 Å². The molecule has 0 saturated carbocycles. The Kier molecular flexibility index (Phi) is 5.18. The molecule has 2 heterocycles. The molecule has 144 valence electrons. The first-order chi connectivity index (χ1) is 14.2. The summed E-state index contributed by atoms with van der Waals surface area (Å²) >= 11 is 1.10. The molecule has 8 nitrogen and oxygen atoms in total. The first-order valence-corrected chi connectivity index (χ1v) is 9.48. The number of rotatable bonds is 6. The summed E-state index contributed by atoms with van der Waals surface area (Å²) in [6.45, 7) is 0. The van der Waals surface area contributed by atoms with Crippen molar-refractivity contribution in [1.82, 2.24) is 10.2 Å². The maximum absolute atomic E-state index is 12.4. The number of carbonyl (C=O) groups excluding carboxylic acids is 1. The van der Waals surface area contributed by atoms with Crippen molar-refractivity contribution < 1.29 is 18.4 Å². The van der Waals surface area contributed by atoms with Gasteiger partial charge in [0, 0.05) is 10.9 Å². The van der Waals surface area contributed by atoms with Crippen LogP contribution in [0.2, 0.25) is 0 Å². The Morgan fingerprint density at radius 1 is 1.17 bits per heavy atom. The number of anilines is 1. The molecule has 4 rings (SSSR count). The molecule has 0 aliphatic carbocycles. The minimum absolute atomic E-state index is 0.0363. The molecular weight excluding hydrogens is 392 g/mol. The van der Waals surface area contributed by atoms with Crippen LogP contribution >= 0.6 is 11.8 Å². The number of furan rings is 1. The number of nitrogens with one attached hydrogen (secondary N) is 1. The van der Waals surface area contributed by atoms with Crippen LogP contribution in [0.25, 0.3) is 22.4 Å². The van der Waals surface area contributed by atoms with Gasteiger partial charge in [0.05, 0.1) is 12.9 Å². The molecule has 0 atom stereocenters. The van der Waals surface area contributed by atoms with Crippen molar-refractivity contribution in [2.75, 3.05) is 18.2 Å². The number of ether oxygens (including phenoxy) is 1. The summed E-state index contributed by atoms with van der Waals surface area (Å²) in [6, 6.07) is 16.3. The highest BCUT2D eigenvalue weighted by Crippen LogP contribution is 2.31. The SMILES string of the molecule is COc1ccc(-c2nnc(SCC(=O)Nc3c(C#N)oc4ccccc34)o2)cc1. The van der Waals surface area contributed by atoms with Crippen LogP contribution < -0.4 is 10.1 Å². The summed E-state index contributed by atoms with van der Waals surface area (Å²) in [4.78, 5) is 12.4. The Morgan fingerprint density at radius 3 is 2.72 bits per heavy atom. The molecule has 0 radical (unpaired) electrons. The zero-order valence-electron chi connectivity index (χ0n) is 15.2. The number of fused-ring (bicyclic) bond motifs is 1. The van der Waals surface area contributed by atoms with E-state index >= 15 is 0 Å². The van der Waals surface area contributed by atoms with E-state index in [9.17, 15) is 10.1 Å². The molecule has 0 aliphatic rings. The average Bonchev–Trinajstić information content (AvgIpc) is 3.37. The first-order valence-electron chi connectivity index (χ1n) is 8.50. The lowest BCUT2D eigenvalue weighted by molar-refractivity contribution is -0.113. The molecule has 29 heavy (non-hydrogen) atoms. The summed E-state index contributed by atoms with van der Waals surface area (Å²) in [5.41, 5.74) is 1.64. The van der Waals surface area contributed by atoms with Gasteiger partial charge in [-0.2, -0.15) is 5.26 Å². The van der Waals surface area contributed by atoms with Crippen LogP contribution in [0.4, 0.5) is 5.69 Å². The Balaban J connectivity index is 1.42. The Labute approximate surface area is 169 Å². The average molecular weight is 406 g/mol. The summed E-state index contributed by atoms with van der Waals surface area (Å²) in [7, 11) is 1.59. The van der Waals surface area contributed by atoms with Crippen molar-refractivity contribution >= 4 is 34.3 Å². The maximum atomic E-state index is 12.4. The lowest BCUT2D eigenvalue weighted by atomic mass is 10.2. The predicted molar refractivity (Wildman–Crippen MR) is 107 cm³/mol. The molecular formula is C20H14N4O4S. The standard InChI is InChI=1S/C20H14N4O4S/c1-26-13-8-6-12(7-9-13)19-23-24-20(28-19)29-11-17(25)22-18-14-4-2-3-5-15(14)27-16(18)10-21/h2-9H,11H2,1H3,(H,22,25). The molecule has 2 aromatic heterocycles. The molecule has 9 heteroatoms. The third-order valence-corrected chi connectivity index (χ3v) is 4.85. The lowest BCUT2D eigenvalue weighted by Crippen LogP contribution is -2.14. The molecule has 0 fully saturated rings. The fourth-order valence-corrected chi connectivity index (χ4v) is 3.23. The van der Waals surface area contributed by atoms with Crippen LogP contribution in [0, 0.1) is 11.3 Å². The number of para-hydroxylation sites is 1. The number of amides is 1. The molecule has 2 aromatic carbocycles. The second-order valence-electron chi connectivity index (χ2n) is 5.85. The van der Waals surface area contributed by atoms with Crippen molar-refractivity contribution in [3.63, 3.8) is 0 Å². The minimum atomic E-state index is -0.317. The largest absolute Gasteiger partial charge is 0.497 e. The molecule has 1 amide bonds. The van der Waals surface area contributed by atoms with Crippen LogP contribution in [0.3, 0.4) is 0 Å². The van der Waals surface area contributed by atoms with Crippen LogP contribution in [-0.4, -0.2) is 29.0 Å². The van der Waals surface area contributed by atoms with E-state index in [1.165, 1.54) is 0 Å². The van der Waals surface area contributed by atoms with Gasteiger partial charge >= 0.3 is 0 Å². The van der Waals surface area contributed by atoms with E-state index in [1.54, 1.807) is 49.6 Å². The molecule has 0 spiro atoms. The number of nitriles is 1. The monoisotopic (exact) mass is 406 g/mol. The summed E-state index contributed by atoms with van der Waals surface area (Å²) < 4.78 is 16.2. The highest BCUT2D eigenvalue weighted by atomic mass is 32.2. The van der Waals surface area contributed by atoms with Crippen LogP contribution in [0.1, 0.15) is 5.76 Å². The van der Waals surface area contributed by atoms with Gasteiger partial charge in [0.1, 0.15) is 23.1 Å². The number of thioether (sulfide) groups is 1. The van der Waals surface area contributed by atoms with E-state index in [2.05, 4.69) is 15.5 Å². The summed E-state index contributed by atoms with van der Waals surface area (Å²) in [5, 5.41) is 20.9. The number of methoxy groups -OCH3 is 1. The van der Waals surface area contributed by atoms with Gasteiger partial charge < -0.3 is 18.9 Å². The molecule has 0 aliphatic heterocycles. The highest BCUT2D eigenvalue weighted by molar-refractivity contribution is 7.99. The fourth-order valence-electron chi connectivity index (χ4n) is 2.67. The van der Waals surface area contributed by atoms with Crippen molar-refractivity contribution in [1.29, 1.82) is 5.26 Å². The van der Waals surface area contributed by atoms with E-state index in [4.69, 9.17) is 13.6 Å². The van der Waals surface area contributed by atoms with Gasteiger partial charge in [-0.25, -0.2) is 0 Å². The van der Waals surface area contributed by atoms with Crippen LogP contribution in [0.5, 0.6) is 5.75 Å². The third kappa shape index (κ3) is 3.93. The zero-order chi connectivity index (χ0) is 20.2. The second kappa shape index (κ2) is 8.08. The molecule has 1 N–H and O–H groups in total. The van der Waals surface area contributed by atoms with E-state index in [0.29, 0.717) is 22.5 Å². The third-order valence-electron chi connectivity index (χ3n) is 4.03. The van der Waals surface area contributed by atoms with E-state index < -0.39 is 0 Å². The summed E-state index contributed by atoms with van der Waals surface area (Å²) in [6.07, 6.45) is 0. The Hall–Kier alpha value is -3.77. The normalized spacial score (nSPS) is 10.6. The number of hydrogen-bond donors (Lipinski definition) is 1. The lowest BCUT2D eigenvalue weighted by Gasteiger charge is -2.02. The maximum Gasteiger partial charge on any atom is 0.277 e. The van der Waals surface area contributed by atoms with Gasteiger partial charge in [-0.1, -0.05) is 23.9 Å². The number of hydrogen-bond acceptors (Lipinski definition) is 8. The molecule has 0 unspecified atom stereocenters. The van der Waals surface area contributed by atoms with Crippen LogP contribution in [-0.2, 0) is 4.79 Å². The minimum Gasteiger partial charge on any atom is -0.497 e. The van der Waals surface area contributed by atoms with Crippen LogP contribution in [0.15, 0.2) is 62.6 Å². The number of aromatic nitrogens is 2. The number of nitrogens with zero attached hydrogens (tertiary/aromatic N) is 3.